The quantitative estimate of drug-likeness (QED) is 0.571. The summed E-state index contributed by atoms with van der Waals surface area (Å²) in [4.78, 5) is 26.7. The van der Waals surface area contributed by atoms with Crippen LogP contribution in [0.5, 0.6) is 17.2 Å². The van der Waals surface area contributed by atoms with E-state index in [2.05, 4.69) is 5.32 Å². The van der Waals surface area contributed by atoms with Gasteiger partial charge in [0.1, 0.15) is 11.8 Å². The fourth-order valence-corrected chi connectivity index (χ4v) is 3.89. The Kier molecular flexibility index (Phi) is 5.71. The number of nitrogens with zero attached hydrogens (tertiary/aromatic N) is 2. The average molecular weight is 413 g/mol. The molecule has 2 heterocycles. The molecule has 9 heteroatoms. The highest BCUT2D eigenvalue weighted by molar-refractivity contribution is 5.96. The van der Waals surface area contributed by atoms with E-state index >= 15 is 0 Å². The van der Waals surface area contributed by atoms with Crippen LogP contribution in [0.2, 0.25) is 0 Å². The zero-order valence-corrected chi connectivity index (χ0v) is 16.6. The minimum Gasteiger partial charge on any atom is -0.497 e. The lowest BCUT2D eigenvalue weighted by Gasteiger charge is -2.33. The van der Waals surface area contributed by atoms with E-state index in [1.54, 1.807) is 37.4 Å². The number of ether oxygens (including phenoxy) is 3. The van der Waals surface area contributed by atoms with Gasteiger partial charge in [-0.05, 0) is 56.3 Å². The molecule has 1 N–H and O–H groups in total. The number of rotatable bonds is 6. The first-order valence-corrected chi connectivity index (χ1v) is 9.83. The van der Waals surface area contributed by atoms with E-state index in [0.717, 1.165) is 19.3 Å². The average Bonchev–Trinajstić information content (AvgIpc) is 3.22. The fourth-order valence-electron chi connectivity index (χ4n) is 3.89. The van der Waals surface area contributed by atoms with E-state index in [4.69, 9.17) is 14.2 Å². The molecule has 158 valence electrons. The number of methoxy groups -OCH3 is 1. The molecule has 30 heavy (non-hydrogen) atoms. The van der Waals surface area contributed by atoms with Crippen molar-refractivity contribution in [3.63, 3.8) is 0 Å². The first-order chi connectivity index (χ1) is 14.6. The predicted molar refractivity (Wildman–Crippen MR) is 109 cm³/mol. The van der Waals surface area contributed by atoms with Crippen LogP contribution < -0.4 is 19.5 Å². The highest BCUT2D eigenvalue weighted by Crippen LogP contribution is 2.42. The van der Waals surface area contributed by atoms with Crippen LogP contribution in [-0.4, -0.2) is 42.7 Å². The number of nitro groups is 1. The van der Waals surface area contributed by atoms with Gasteiger partial charge >= 0.3 is 0 Å². The Balaban J connectivity index is 1.71. The smallest absolute Gasteiger partial charge is 0.278 e. The highest BCUT2D eigenvalue weighted by Gasteiger charge is 2.36. The topological polar surface area (TPSA) is 103 Å². The Hall–Kier alpha value is -3.33. The summed E-state index contributed by atoms with van der Waals surface area (Å²) in [6.45, 7) is 1.38. The SMILES string of the molecule is COc1ccc(NC(=O)C(c2cc3c(cc2[N+](=O)[O-])OCO3)N2CCCCC2)cc1. The van der Waals surface area contributed by atoms with Gasteiger partial charge in [-0.25, -0.2) is 0 Å². The number of likely N-dealkylation sites (tertiary alicyclic amines) is 1. The van der Waals surface area contributed by atoms with E-state index in [9.17, 15) is 14.9 Å². The normalized spacial score (nSPS) is 16.7. The highest BCUT2D eigenvalue weighted by atomic mass is 16.7. The van der Waals surface area contributed by atoms with Crippen molar-refractivity contribution in [1.82, 2.24) is 4.90 Å². The van der Waals surface area contributed by atoms with Crippen LogP contribution in [0, 0.1) is 10.1 Å². The monoisotopic (exact) mass is 413 g/mol. The van der Waals surface area contributed by atoms with Crippen LogP contribution in [0.1, 0.15) is 30.9 Å². The number of nitro benzene ring substituents is 1. The molecule has 1 amide bonds. The maximum atomic E-state index is 13.4. The molecule has 0 radical (unpaired) electrons. The molecule has 2 aromatic rings. The summed E-state index contributed by atoms with van der Waals surface area (Å²) in [6.07, 6.45) is 2.95. The molecule has 0 saturated carbocycles. The third-order valence-corrected chi connectivity index (χ3v) is 5.37. The van der Waals surface area contributed by atoms with Crippen molar-refractivity contribution >= 4 is 17.3 Å². The fraction of sp³-hybridized carbons (Fsp3) is 0.381. The summed E-state index contributed by atoms with van der Waals surface area (Å²) in [5.74, 6) is 1.07. The second kappa shape index (κ2) is 8.58. The van der Waals surface area contributed by atoms with Crippen molar-refractivity contribution in [3.8, 4) is 17.2 Å². The minimum absolute atomic E-state index is 0.00235. The molecule has 1 atom stereocenters. The molecule has 0 aliphatic carbocycles. The van der Waals surface area contributed by atoms with Crippen molar-refractivity contribution in [2.75, 3.05) is 32.3 Å². The van der Waals surface area contributed by atoms with Crippen LogP contribution in [0.25, 0.3) is 0 Å². The Labute approximate surface area is 173 Å². The first-order valence-electron chi connectivity index (χ1n) is 9.83. The van der Waals surface area contributed by atoms with E-state index in [-0.39, 0.29) is 18.4 Å². The van der Waals surface area contributed by atoms with Gasteiger partial charge in [0, 0.05) is 5.69 Å². The van der Waals surface area contributed by atoms with Crippen molar-refractivity contribution in [2.45, 2.75) is 25.3 Å². The van der Waals surface area contributed by atoms with E-state index < -0.39 is 11.0 Å². The lowest BCUT2D eigenvalue weighted by Crippen LogP contribution is -2.40. The van der Waals surface area contributed by atoms with Gasteiger partial charge in [-0.15, -0.1) is 0 Å². The third-order valence-electron chi connectivity index (χ3n) is 5.37. The van der Waals surface area contributed by atoms with Crippen LogP contribution in [-0.2, 0) is 4.79 Å². The molecule has 2 aliphatic heterocycles. The number of piperidine rings is 1. The summed E-state index contributed by atoms with van der Waals surface area (Å²) >= 11 is 0. The van der Waals surface area contributed by atoms with Gasteiger partial charge in [0.25, 0.3) is 5.69 Å². The zero-order valence-electron chi connectivity index (χ0n) is 16.6. The molecule has 2 aliphatic rings. The number of nitrogens with one attached hydrogen (secondary N) is 1. The van der Waals surface area contributed by atoms with Gasteiger partial charge in [-0.1, -0.05) is 6.42 Å². The summed E-state index contributed by atoms with van der Waals surface area (Å²) < 4.78 is 15.9. The molecular formula is C21H23N3O6. The molecule has 2 aromatic carbocycles. The van der Waals surface area contributed by atoms with Crippen molar-refractivity contribution in [2.24, 2.45) is 0 Å². The zero-order chi connectivity index (χ0) is 21.1. The van der Waals surface area contributed by atoms with Crippen molar-refractivity contribution in [3.05, 3.63) is 52.1 Å². The number of carbonyl (C=O) groups excluding carboxylic acids is 1. The maximum absolute atomic E-state index is 13.4. The largest absolute Gasteiger partial charge is 0.497 e. The number of fused-ring (bicyclic) bond motifs is 1. The van der Waals surface area contributed by atoms with Crippen LogP contribution in [0.4, 0.5) is 11.4 Å². The third kappa shape index (κ3) is 4.02. The summed E-state index contributed by atoms with van der Waals surface area (Å²) in [7, 11) is 1.57. The van der Waals surface area contributed by atoms with Gasteiger partial charge < -0.3 is 19.5 Å². The lowest BCUT2D eigenvalue weighted by atomic mass is 9.98. The molecule has 1 saturated heterocycles. The van der Waals surface area contributed by atoms with Crippen LogP contribution >= 0.6 is 0 Å². The van der Waals surface area contributed by atoms with Crippen LogP contribution in [0.3, 0.4) is 0 Å². The Morgan fingerprint density at radius 3 is 2.43 bits per heavy atom. The molecule has 0 bridgehead atoms. The molecule has 0 spiro atoms. The standard InChI is InChI=1S/C21H23N3O6/c1-28-15-7-5-14(6-8-15)22-21(25)20(23-9-3-2-4-10-23)16-11-18-19(30-13-29-18)12-17(16)24(26)27/h5-8,11-12,20H,2-4,9-10,13H2,1H3,(H,22,25). The van der Waals surface area contributed by atoms with Gasteiger partial charge in [0.2, 0.25) is 12.7 Å². The predicted octanol–water partition coefficient (Wildman–Crippen LogP) is 3.50. The molecule has 9 nitrogen and oxygen atoms in total. The number of amides is 1. The maximum Gasteiger partial charge on any atom is 0.278 e. The van der Waals surface area contributed by atoms with Gasteiger partial charge in [-0.2, -0.15) is 0 Å². The van der Waals surface area contributed by atoms with E-state index in [1.165, 1.54) is 6.07 Å². The Morgan fingerprint density at radius 1 is 1.13 bits per heavy atom. The van der Waals surface area contributed by atoms with Crippen LogP contribution in [0.15, 0.2) is 36.4 Å². The Morgan fingerprint density at radius 2 is 1.80 bits per heavy atom. The number of hydrogen-bond acceptors (Lipinski definition) is 7. The number of benzene rings is 2. The van der Waals surface area contributed by atoms with Gasteiger partial charge in [0.15, 0.2) is 11.5 Å². The number of hydrogen-bond donors (Lipinski definition) is 1. The molecular weight excluding hydrogens is 390 g/mol. The molecule has 1 fully saturated rings. The summed E-state index contributed by atoms with van der Waals surface area (Å²) in [5, 5.41) is 14.7. The summed E-state index contributed by atoms with van der Waals surface area (Å²) in [5.41, 5.74) is 0.739. The molecule has 0 aromatic heterocycles. The lowest BCUT2D eigenvalue weighted by molar-refractivity contribution is -0.385. The molecule has 1 unspecified atom stereocenters. The number of carbonyl (C=O) groups is 1. The van der Waals surface area contributed by atoms with Gasteiger partial charge in [0.05, 0.1) is 23.7 Å². The van der Waals surface area contributed by atoms with Crippen molar-refractivity contribution in [1.29, 1.82) is 0 Å². The Bertz CT molecular complexity index is 941. The van der Waals surface area contributed by atoms with Crippen molar-refractivity contribution < 1.29 is 23.9 Å². The number of anilines is 1. The van der Waals surface area contributed by atoms with E-state index in [0.29, 0.717) is 41.6 Å². The minimum atomic E-state index is -0.817. The first kappa shape index (κ1) is 20.0. The summed E-state index contributed by atoms with van der Waals surface area (Å²) in [6, 6.07) is 9.05. The second-order valence-electron chi connectivity index (χ2n) is 7.24. The molecule has 4 rings (SSSR count). The second-order valence-corrected chi connectivity index (χ2v) is 7.24. The van der Waals surface area contributed by atoms with Gasteiger partial charge in [-0.3, -0.25) is 19.8 Å². The van der Waals surface area contributed by atoms with E-state index in [1.807, 2.05) is 4.90 Å².